The van der Waals surface area contributed by atoms with E-state index in [2.05, 4.69) is 51.7 Å². The zero-order chi connectivity index (χ0) is 17.9. The summed E-state index contributed by atoms with van der Waals surface area (Å²) >= 11 is 1.39. The van der Waals surface area contributed by atoms with E-state index >= 15 is 0 Å². The minimum absolute atomic E-state index is 0.0468. The molecule has 6 heteroatoms. The van der Waals surface area contributed by atoms with Crippen molar-refractivity contribution in [2.75, 3.05) is 25.0 Å². The van der Waals surface area contributed by atoms with Gasteiger partial charge in [0.2, 0.25) is 5.91 Å². The molecule has 1 aliphatic rings. The fourth-order valence-electron chi connectivity index (χ4n) is 3.70. The number of hydrogen-bond donors (Lipinski definition) is 2. The SMILES string of the molecule is N#Cc1ccsc1NC(=O)CN1CCC(c2c[nH]c3ccccc23)CC1. The van der Waals surface area contributed by atoms with Crippen molar-refractivity contribution in [1.82, 2.24) is 9.88 Å². The molecule has 1 aromatic carbocycles. The molecule has 1 aliphatic heterocycles. The van der Waals surface area contributed by atoms with Gasteiger partial charge in [0.05, 0.1) is 12.1 Å². The molecule has 1 amide bonds. The van der Waals surface area contributed by atoms with Gasteiger partial charge in [-0.25, -0.2) is 0 Å². The van der Waals surface area contributed by atoms with Crippen LogP contribution in [0.2, 0.25) is 0 Å². The standard InChI is InChI=1S/C20H20N4OS/c21-11-15-7-10-26-20(15)23-19(25)13-24-8-5-14(6-9-24)17-12-22-18-4-2-1-3-16(17)18/h1-4,7,10,12,14,22H,5-6,8-9,13H2,(H,23,25). The van der Waals surface area contributed by atoms with Gasteiger partial charge in [0, 0.05) is 17.1 Å². The second-order valence-electron chi connectivity index (χ2n) is 6.66. The summed E-state index contributed by atoms with van der Waals surface area (Å²) in [7, 11) is 0. The molecule has 3 heterocycles. The minimum atomic E-state index is -0.0468. The minimum Gasteiger partial charge on any atom is -0.361 e. The maximum absolute atomic E-state index is 12.3. The smallest absolute Gasteiger partial charge is 0.239 e. The Morgan fingerprint density at radius 3 is 2.92 bits per heavy atom. The van der Waals surface area contributed by atoms with Crippen molar-refractivity contribution in [2.24, 2.45) is 0 Å². The molecule has 0 atom stereocenters. The molecular weight excluding hydrogens is 344 g/mol. The highest BCUT2D eigenvalue weighted by molar-refractivity contribution is 7.14. The van der Waals surface area contributed by atoms with E-state index in [4.69, 9.17) is 5.26 Å². The number of nitriles is 1. The summed E-state index contributed by atoms with van der Waals surface area (Å²) < 4.78 is 0. The van der Waals surface area contributed by atoms with Gasteiger partial charge < -0.3 is 10.3 Å². The van der Waals surface area contributed by atoms with Gasteiger partial charge in [-0.2, -0.15) is 5.26 Å². The van der Waals surface area contributed by atoms with Crippen LogP contribution in [-0.2, 0) is 4.79 Å². The van der Waals surface area contributed by atoms with Crippen LogP contribution in [0.5, 0.6) is 0 Å². The lowest BCUT2D eigenvalue weighted by Gasteiger charge is -2.31. The number of para-hydroxylation sites is 1. The molecule has 0 unspecified atom stereocenters. The fourth-order valence-corrected chi connectivity index (χ4v) is 4.45. The van der Waals surface area contributed by atoms with Crippen LogP contribution in [0.25, 0.3) is 10.9 Å². The van der Waals surface area contributed by atoms with Crippen LogP contribution in [0, 0.1) is 11.3 Å². The molecule has 2 N–H and O–H groups in total. The number of anilines is 1. The van der Waals surface area contributed by atoms with E-state index in [1.54, 1.807) is 6.07 Å². The number of hydrogen-bond acceptors (Lipinski definition) is 4. The Bertz CT molecular complexity index is 960. The molecule has 0 spiro atoms. The van der Waals surface area contributed by atoms with Gasteiger partial charge in [-0.3, -0.25) is 9.69 Å². The fraction of sp³-hybridized carbons (Fsp3) is 0.300. The molecule has 3 aromatic rings. The third-order valence-electron chi connectivity index (χ3n) is 5.05. The van der Waals surface area contributed by atoms with Crippen molar-refractivity contribution in [2.45, 2.75) is 18.8 Å². The highest BCUT2D eigenvalue weighted by Gasteiger charge is 2.24. The number of aromatic nitrogens is 1. The lowest BCUT2D eigenvalue weighted by atomic mass is 9.89. The van der Waals surface area contributed by atoms with Crippen molar-refractivity contribution in [1.29, 1.82) is 5.26 Å². The first kappa shape index (κ1) is 16.8. The van der Waals surface area contributed by atoms with Crippen LogP contribution < -0.4 is 5.32 Å². The lowest BCUT2D eigenvalue weighted by Crippen LogP contribution is -2.38. The van der Waals surface area contributed by atoms with Gasteiger partial charge in [0.1, 0.15) is 11.1 Å². The predicted molar refractivity (Wildman–Crippen MR) is 104 cm³/mol. The summed E-state index contributed by atoms with van der Waals surface area (Å²) in [4.78, 5) is 17.8. The number of carbonyl (C=O) groups is 1. The van der Waals surface area contributed by atoms with E-state index in [0.717, 1.165) is 25.9 Å². The third-order valence-corrected chi connectivity index (χ3v) is 5.88. The summed E-state index contributed by atoms with van der Waals surface area (Å²) in [6.45, 7) is 2.20. The largest absolute Gasteiger partial charge is 0.361 e. The summed E-state index contributed by atoms with van der Waals surface area (Å²) in [6.07, 6.45) is 4.24. The summed E-state index contributed by atoms with van der Waals surface area (Å²) in [5.74, 6) is 0.488. The van der Waals surface area contributed by atoms with E-state index in [1.165, 1.54) is 27.8 Å². The van der Waals surface area contributed by atoms with E-state index in [0.29, 0.717) is 23.0 Å². The van der Waals surface area contributed by atoms with Crippen LogP contribution in [-0.4, -0.2) is 35.4 Å². The Hall–Kier alpha value is -2.62. The van der Waals surface area contributed by atoms with E-state index < -0.39 is 0 Å². The molecule has 0 saturated carbocycles. The summed E-state index contributed by atoms with van der Waals surface area (Å²) in [6, 6.07) is 12.2. The number of benzene rings is 1. The zero-order valence-electron chi connectivity index (χ0n) is 14.4. The number of amides is 1. The predicted octanol–water partition coefficient (Wildman–Crippen LogP) is 3.92. The molecule has 2 aromatic heterocycles. The molecule has 1 saturated heterocycles. The van der Waals surface area contributed by atoms with Crippen LogP contribution in [0.1, 0.15) is 29.9 Å². The maximum Gasteiger partial charge on any atom is 0.239 e. The van der Waals surface area contributed by atoms with Gasteiger partial charge in [0.15, 0.2) is 0 Å². The number of piperidine rings is 1. The molecular formula is C20H20N4OS. The van der Waals surface area contributed by atoms with Gasteiger partial charge in [0.25, 0.3) is 0 Å². The topological polar surface area (TPSA) is 71.9 Å². The number of H-pyrrole nitrogens is 1. The first-order valence-electron chi connectivity index (χ1n) is 8.80. The number of thiophene rings is 1. The summed E-state index contributed by atoms with van der Waals surface area (Å²) in [5.41, 5.74) is 3.11. The van der Waals surface area contributed by atoms with Crippen LogP contribution in [0.15, 0.2) is 41.9 Å². The zero-order valence-corrected chi connectivity index (χ0v) is 15.2. The van der Waals surface area contributed by atoms with Gasteiger partial charge in [-0.15, -0.1) is 11.3 Å². The molecule has 132 valence electrons. The third kappa shape index (κ3) is 3.36. The van der Waals surface area contributed by atoms with Crippen LogP contribution in [0.4, 0.5) is 5.00 Å². The summed E-state index contributed by atoms with van der Waals surface area (Å²) in [5, 5.41) is 15.7. The van der Waals surface area contributed by atoms with Gasteiger partial charge in [-0.1, -0.05) is 18.2 Å². The van der Waals surface area contributed by atoms with Crippen LogP contribution >= 0.6 is 11.3 Å². The maximum atomic E-state index is 12.3. The molecule has 0 aliphatic carbocycles. The van der Waals surface area contributed by atoms with Gasteiger partial charge >= 0.3 is 0 Å². The number of rotatable bonds is 4. The van der Waals surface area contributed by atoms with E-state index in [-0.39, 0.29) is 5.91 Å². The number of aromatic amines is 1. The second-order valence-corrected chi connectivity index (χ2v) is 7.58. The Morgan fingerprint density at radius 1 is 1.31 bits per heavy atom. The van der Waals surface area contributed by atoms with Gasteiger partial charge in [-0.05, 0) is 54.9 Å². The van der Waals surface area contributed by atoms with Crippen molar-refractivity contribution < 1.29 is 4.79 Å². The van der Waals surface area contributed by atoms with Crippen molar-refractivity contribution in [3.8, 4) is 6.07 Å². The monoisotopic (exact) mass is 364 g/mol. The average Bonchev–Trinajstić information content (AvgIpc) is 3.29. The number of nitrogens with one attached hydrogen (secondary N) is 2. The molecule has 1 fully saturated rings. The number of carbonyl (C=O) groups excluding carboxylic acids is 1. The highest BCUT2D eigenvalue weighted by atomic mass is 32.1. The Kier molecular flexibility index (Phi) is 4.74. The van der Waals surface area contributed by atoms with Crippen molar-refractivity contribution in [3.05, 3.63) is 53.0 Å². The second kappa shape index (κ2) is 7.32. The normalized spacial score (nSPS) is 15.8. The molecule has 5 nitrogen and oxygen atoms in total. The molecule has 0 bridgehead atoms. The van der Waals surface area contributed by atoms with E-state index in [1.807, 2.05) is 5.38 Å². The molecule has 0 radical (unpaired) electrons. The molecule has 26 heavy (non-hydrogen) atoms. The first-order valence-corrected chi connectivity index (χ1v) is 9.68. The Morgan fingerprint density at radius 2 is 2.12 bits per heavy atom. The van der Waals surface area contributed by atoms with Crippen molar-refractivity contribution >= 4 is 33.1 Å². The highest BCUT2D eigenvalue weighted by Crippen LogP contribution is 2.33. The lowest BCUT2D eigenvalue weighted by molar-refractivity contribution is -0.117. The average molecular weight is 364 g/mol. The van der Waals surface area contributed by atoms with E-state index in [9.17, 15) is 4.79 Å². The van der Waals surface area contributed by atoms with Crippen molar-refractivity contribution in [3.63, 3.8) is 0 Å². The Labute approximate surface area is 156 Å². The first-order chi connectivity index (χ1) is 12.7. The number of likely N-dealkylation sites (tertiary alicyclic amines) is 1. The quantitative estimate of drug-likeness (QED) is 0.737. The Balaban J connectivity index is 1.34. The number of fused-ring (bicyclic) bond motifs is 1. The number of nitrogens with zero attached hydrogens (tertiary/aromatic N) is 2. The van der Waals surface area contributed by atoms with Crippen LogP contribution in [0.3, 0.4) is 0 Å². The molecule has 4 rings (SSSR count).